The number of likely N-dealkylation sites (tertiary alicyclic amines) is 1. The van der Waals surface area contributed by atoms with Gasteiger partial charge in [0.15, 0.2) is 0 Å². The molecule has 2 fully saturated rings. The Balaban J connectivity index is 1.96. The van der Waals surface area contributed by atoms with Gasteiger partial charge in [-0.3, -0.25) is 19.8 Å². The lowest BCUT2D eigenvalue weighted by molar-refractivity contribution is -0.140. The third-order valence-corrected chi connectivity index (χ3v) is 5.57. The van der Waals surface area contributed by atoms with E-state index in [0.29, 0.717) is 26.1 Å². The van der Waals surface area contributed by atoms with Crippen LogP contribution in [0.15, 0.2) is 0 Å². The topological polar surface area (TPSA) is 117 Å². The number of carbonyl (C=O) groups excluding carboxylic acids is 3. The molecule has 2 aliphatic heterocycles. The van der Waals surface area contributed by atoms with Gasteiger partial charge in [-0.05, 0) is 24.2 Å². The third kappa shape index (κ3) is 4.73. The smallest absolute Gasteiger partial charge is 0.256 e. The first-order valence-electron chi connectivity index (χ1n) is 9.52. The lowest BCUT2D eigenvalue weighted by Gasteiger charge is -2.29. The molecule has 2 rings (SSSR count). The average molecular weight is 367 g/mol. The molecule has 2 saturated heterocycles. The summed E-state index contributed by atoms with van der Waals surface area (Å²) >= 11 is 0. The van der Waals surface area contributed by atoms with Crippen molar-refractivity contribution < 1.29 is 14.4 Å². The van der Waals surface area contributed by atoms with Crippen molar-refractivity contribution in [2.24, 2.45) is 23.0 Å². The van der Waals surface area contributed by atoms with E-state index in [4.69, 9.17) is 5.73 Å². The van der Waals surface area contributed by atoms with Crippen LogP contribution in [0, 0.1) is 17.3 Å². The van der Waals surface area contributed by atoms with Gasteiger partial charge in [-0.2, -0.15) is 0 Å². The molecule has 0 aliphatic carbocycles. The second-order valence-corrected chi connectivity index (χ2v) is 8.41. The van der Waals surface area contributed by atoms with Crippen molar-refractivity contribution in [3.63, 3.8) is 0 Å². The molecule has 2 aliphatic rings. The summed E-state index contributed by atoms with van der Waals surface area (Å²) < 4.78 is 0. The number of nitrogens with two attached hydrogens (primary N) is 1. The maximum atomic E-state index is 12.8. The molecular weight excluding hydrogens is 334 g/mol. The first-order valence-corrected chi connectivity index (χ1v) is 9.52. The molecule has 0 radical (unpaired) electrons. The van der Waals surface area contributed by atoms with Crippen molar-refractivity contribution in [1.82, 2.24) is 21.1 Å². The van der Waals surface area contributed by atoms with Crippen LogP contribution in [-0.2, 0) is 14.4 Å². The lowest BCUT2D eigenvalue weighted by atomic mass is 9.90. The minimum absolute atomic E-state index is 0.00470. The van der Waals surface area contributed by atoms with Gasteiger partial charge in [0.05, 0.1) is 12.0 Å². The summed E-state index contributed by atoms with van der Waals surface area (Å²) in [5.41, 5.74) is 11.5. The molecule has 4 atom stereocenters. The number of nitrogens with zero attached hydrogens (tertiary/aromatic N) is 1. The fraction of sp³-hybridized carbons (Fsp3) is 0.833. The van der Waals surface area contributed by atoms with Gasteiger partial charge in [-0.25, -0.2) is 5.43 Å². The van der Waals surface area contributed by atoms with Crippen molar-refractivity contribution in [3.05, 3.63) is 0 Å². The van der Waals surface area contributed by atoms with Crippen LogP contribution < -0.4 is 21.9 Å². The molecule has 0 aromatic heterocycles. The molecule has 8 nitrogen and oxygen atoms in total. The first kappa shape index (κ1) is 20.6. The molecule has 2 unspecified atom stereocenters. The van der Waals surface area contributed by atoms with Gasteiger partial charge in [-0.15, -0.1) is 0 Å². The van der Waals surface area contributed by atoms with Crippen LogP contribution in [0.25, 0.3) is 0 Å². The van der Waals surface area contributed by atoms with E-state index in [2.05, 4.69) is 16.2 Å². The van der Waals surface area contributed by atoms with E-state index in [1.165, 1.54) is 0 Å². The Morgan fingerprint density at radius 3 is 2.69 bits per heavy atom. The highest BCUT2D eigenvalue weighted by Gasteiger charge is 2.45. The highest BCUT2D eigenvalue weighted by molar-refractivity contribution is 5.90. The van der Waals surface area contributed by atoms with Crippen LogP contribution in [0.4, 0.5) is 0 Å². The second-order valence-electron chi connectivity index (χ2n) is 8.41. The average Bonchev–Trinajstić information content (AvgIpc) is 3.15. The molecule has 2 heterocycles. The summed E-state index contributed by atoms with van der Waals surface area (Å²) in [5, 5.41) is 2.77. The zero-order valence-electron chi connectivity index (χ0n) is 16.3. The van der Waals surface area contributed by atoms with E-state index in [0.717, 1.165) is 12.8 Å². The highest BCUT2D eigenvalue weighted by Crippen LogP contribution is 2.34. The van der Waals surface area contributed by atoms with Gasteiger partial charge in [-0.1, -0.05) is 34.1 Å². The summed E-state index contributed by atoms with van der Waals surface area (Å²) in [5.74, 6) is -0.482. The standard InChI is InChI=1S/C18H33N5O3/c1-5-11(2)14(19)17(26)23-10-18(3,4)8-13(23)16(25)22-21-9-12-6-7-20-15(12)24/h11-14,21H,5-10,19H2,1-4H3,(H,20,24)(H,22,25)/t11?,12-,13-,14?/m0/s1. The zero-order chi connectivity index (χ0) is 19.5. The normalized spacial score (nSPS) is 27.1. The van der Waals surface area contributed by atoms with E-state index in [-0.39, 0.29) is 35.0 Å². The predicted octanol–water partition coefficient (Wildman–Crippen LogP) is -0.256. The number of hydrogen-bond donors (Lipinski definition) is 4. The maximum absolute atomic E-state index is 12.8. The van der Waals surface area contributed by atoms with Gasteiger partial charge < -0.3 is 16.0 Å². The van der Waals surface area contributed by atoms with Crippen molar-refractivity contribution in [2.75, 3.05) is 19.6 Å². The molecule has 26 heavy (non-hydrogen) atoms. The molecule has 8 heteroatoms. The lowest BCUT2D eigenvalue weighted by Crippen LogP contribution is -2.55. The monoisotopic (exact) mass is 367 g/mol. The molecule has 0 spiro atoms. The Labute approximate surface area is 155 Å². The molecule has 0 aromatic carbocycles. The summed E-state index contributed by atoms with van der Waals surface area (Å²) in [6.07, 6.45) is 2.15. The van der Waals surface area contributed by atoms with Gasteiger partial charge in [0.25, 0.3) is 5.91 Å². The van der Waals surface area contributed by atoms with Gasteiger partial charge >= 0.3 is 0 Å². The summed E-state index contributed by atoms with van der Waals surface area (Å²) in [4.78, 5) is 38.7. The molecule has 5 N–H and O–H groups in total. The fourth-order valence-electron chi connectivity index (χ4n) is 3.61. The Kier molecular flexibility index (Phi) is 6.63. The van der Waals surface area contributed by atoms with Crippen molar-refractivity contribution in [2.45, 2.75) is 59.0 Å². The van der Waals surface area contributed by atoms with Crippen LogP contribution in [0.5, 0.6) is 0 Å². The van der Waals surface area contributed by atoms with E-state index in [9.17, 15) is 14.4 Å². The predicted molar refractivity (Wildman–Crippen MR) is 98.6 cm³/mol. The molecule has 148 valence electrons. The summed E-state index contributed by atoms with van der Waals surface area (Å²) in [6.45, 7) is 9.61. The maximum Gasteiger partial charge on any atom is 0.256 e. The number of amides is 3. The molecular formula is C18H33N5O3. The van der Waals surface area contributed by atoms with Gasteiger partial charge in [0, 0.05) is 19.6 Å². The van der Waals surface area contributed by atoms with Gasteiger partial charge in [0.1, 0.15) is 6.04 Å². The Bertz CT molecular complexity index is 551. The van der Waals surface area contributed by atoms with Crippen LogP contribution in [0.3, 0.4) is 0 Å². The van der Waals surface area contributed by atoms with Crippen LogP contribution in [-0.4, -0.2) is 54.3 Å². The van der Waals surface area contributed by atoms with Crippen LogP contribution >= 0.6 is 0 Å². The SMILES string of the molecule is CCC(C)C(N)C(=O)N1CC(C)(C)C[C@H]1C(=O)NNC[C@@H]1CCNC1=O. The summed E-state index contributed by atoms with van der Waals surface area (Å²) in [6, 6.07) is -1.14. The van der Waals surface area contributed by atoms with Crippen molar-refractivity contribution in [3.8, 4) is 0 Å². The quantitative estimate of drug-likeness (QED) is 0.463. The highest BCUT2D eigenvalue weighted by atomic mass is 16.2. The van der Waals surface area contributed by atoms with Crippen molar-refractivity contribution in [1.29, 1.82) is 0 Å². The molecule has 0 aromatic rings. The fourth-order valence-corrected chi connectivity index (χ4v) is 3.61. The molecule has 0 saturated carbocycles. The Hall–Kier alpha value is -1.67. The van der Waals surface area contributed by atoms with Crippen molar-refractivity contribution >= 4 is 17.7 Å². The second kappa shape index (κ2) is 8.35. The van der Waals surface area contributed by atoms with E-state index in [1.54, 1.807) is 4.90 Å². The van der Waals surface area contributed by atoms with Crippen LogP contribution in [0.1, 0.15) is 47.0 Å². The molecule has 0 bridgehead atoms. The third-order valence-electron chi connectivity index (χ3n) is 5.57. The minimum Gasteiger partial charge on any atom is -0.356 e. The largest absolute Gasteiger partial charge is 0.356 e. The summed E-state index contributed by atoms with van der Waals surface area (Å²) in [7, 11) is 0. The Morgan fingerprint density at radius 2 is 2.12 bits per heavy atom. The van der Waals surface area contributed by atoms with E-state index < -0.39 is 12.1 Å². The number of nitrogens with one attached hydrogen (secondary N) is 3. The molecule has 3 amide bonds. The van der Waals surface area contributed by atoms with Gasteiger partial charge in [0.2, 0.25) is 11.8 Å². The van der Waals surface area contributed by atoms with E-state index >= 15 is 0 Å². The Morgan fingerprint density at radius 1 is 1.42 bits per heavy atom. The number of hydrazine groups is 1. The minimum atomic E-state index is -0.598. The van der Waals surface area contributed by atoms with Crippen LogP contribution in [0.2, 0.25) is 0 Å². The number of hydrogen-bond acceptors (Lipinski definition) is 5. The van der Waals surface area contributed by atoms with E-state index in [1.807, 2.05) is 27.7 Å². The first-order chi connectivity index (χ1) is 12.2. The number of carbonyl (C=O) groups is 3. The zero-order valence-corrected chi connectivity index (χ0v) is 16.3. The number of rotatable bonds is 7.